The van der Waals surface area contributed by atoms with Gasteiger partial charge in [-0.2, -0.15) is 0 Å². The zero-order valence-corrected chi connectivity index (χ0v) is 19.6. The van der Waals surface area contributed by atoms with E-state index in [4.69, 9.17) is 5.84 Å². The molecule has 3 rings (SSSR count). The molecule has 0 spiro atoms. The van der Waals surface area contributed by atoms with Crippen LogP contribution < -0.4 is 11.2 Å². The number of Topliss-reactive ketones (excluding diaryl/α,β-unsaturated/α-hetero) is 1. The summed E-state index contributed by atoms with van der Waals surface area (Å²) in [5, 5.41) is 11.5. The molecular weight excluding hydrogens is 422 g/mol. The average Bonchev–Trinajstić information content (AvgIpc) is 3.12. The summed E-state index contributed by atoms with van der Waals surface area (Å²) < 4.78 is 1.39. The second kappa shape index (κ2) is 9.99. The van der Waals surface area contributed by atoms with E-state index in [-0.39, 0.29) is 22.9 Å². The molecule has 0 aliphatic carbocycles. The number of aromatic nitrogens is 3. The van der Waals surface area contributed by atoms with Gasteiger partial charge in [0.2, 0.25) is 11.1 Å². The van der Waals surface area contributed by atoms with E-state index in [1.807, 2.05) is 42.5 Å². The van der Waals surface area contributed by atoms with Crippen molar-refractivity contribution in [1.82, 2.24) is 20.2 Å². The minimum absolute atomic E-state index is 0.0571. The second-order valence-electron chi connectivity index (χ2n) is 8.71. The second-order valence-corrected chi connectivity index (χ2v) is 9.66. The molecule has 0 bridgehead atoms. The predicted octanol–water partition coefficient (Wildman–Crippen LogP) is 3.37. The smallest absolute Gasteiger partial charge is 0.231 e. The molecule has 0 fully saturated rings. The van der Waals surface area contributed by atoms with Crippen LogP contribution in [0.4, 0.5) is 0 Å². The molecule has 2 aromatic carbocycles. The topological polar surface area (TPSA) is 103 Å². The van der Waals surface area contributed by atoms with Crippen molar-refractivity contribution in [3.05, 3.63) is 65.7 Å². The Morgan fingerprint density at radius 3 is 2.31 bits per heavy atom. The minimum Gasteiger partial charge on any atom is -0.345 e. The van der Waals surface area contributed by atoms with Crippen LogP contribution in [0.2, 0.25) is 0 Å². The average molecular weight is 452 g/mol. The van der Waals surface area contributed by atoms with Crippen molar-refractivity contribution in [2.75, 3.05) is 11.6 Å². The predicted molar refractivity (Wildman–Crippen MR) is 128 cm³/mol. The molecule has 7 nitrogen and oxygen atoms in total. The van der Waals surface area contributed by atoms with Gasteiger partial charge >= 0.3 is 0 Å². The first kappa shape index (κ1) is 23.5. The Morgan fingerprint density at radius 1 is 1.06 bits per heavy atom. The highest BCUT2D eigenvalue weighted by atomic mass is 32.2. The number of nitrogens with zero attached hydrogens (tertiary/aromatic N) is 3. The number of hydrogen-bond donors (Lipinski definition) is 2. The van der Waals surface area contributed by atoms with Crippen molar-refractivity contribution in [2.45, 2.75) is 50.7 Å². The number of thioether (sulfide) groups is 1. The molecule has 0 radical (unpaired) electrons. The van der Waals surface area contributed by atoms with Gasteiger partial charge in [0.1, 0.15) is 0 Å². The third kappa shape index (κ3) is 5.97. The summed E-state index contributed by atoms with van der Waals surface area (Å²) >= 11 is 1.18. The van der Waals surface area contributed by atoms with Gasteiger partial charge in [-0.3, -0.25) is 9.59 Å². The van der Waals surface area contributed by atoms with Crippen molar-refractivity contribution in [3.63, 3.8) is 0 Å². The third-order valence-corrected chi connectivity index (χ3v) is 6.06. The molecule has 0 saturated carbocycles. The van der Waals surface area contributed by atoms with Crippen molar-refractivity contribution in [3.8, 4) is 11.4 Å². The monoisotopic (exact) mass is 451 g/mol. The Kier molecular flexibility index (Phi) is 7.35. The van der Waals surface area contributed by atoms with E-state index in [0.717, 1.165) is 11.1 Å². The van der Waals surface area contributed by atoms with Gasteiger partial charge in [-0.25, -0.2) is 4.68 Å². The number of nitrogens with one attached hydrogen (secondary N) is 1. The zero-order chi connectivity index (χ0) is 23.3. The van der Waals surface area contributed by atoms with Crippen LogP contribution in [-0.4, -0.2) is 38.4 Å². The van der Waals surface area contributed by atoms with E-state index in [9.17, 15) is 9.59 Å². The standard InChI is InChI=1S/C24H29N5O2S/c1-16(30)20(14-17-8-6-5-7-9-17)26-21(31)15-32-23-28-27-22(29(23)25)18-10-12-19(13-11-18)24(2,3)4/h5-13,20H,14-15,25H2,1-4H3,(H,26,31). The molecule has 3 N–H and O–H groups in total. The Labute approximate surface area is 192 Å². The minimum atomic E-state index is -0.571. The van der Waals surface area contributed by atoms with Gasteiger partial charge in [-0.15, -0.1) is 10.2 Å². The molecule has 32 heavy (non-hydrogen) atoms. The number of ketones is 1. The molecule has 1 amide bonds. The summed E-state index contributed by atoms with van der Waals surface area (Å²) in [6.07, 6.45) is 0.453. The zero-order valence-electron chi connectivity index (χ0n) is 18.8. The third-order valence-electron chi connectivity index (χ3n) is 5.11. The summed E-state index contributed by atoms with van der Waals surface area (Å²) in [4.78, 5) is 24.4. The van der Waals surface area contributed by atoms with E-state index in [1.54, 1.807) is 0 Å². The fourth-order valence-corrected chi connectivity index (χ4v) is 3.87. The maximum atomic E-state index is 12.5. The first-order valence-corrected chi connectivity index (χ1v) is 11.4. The number of nitrogen functional groups attached to an aromatic ring is 1. The maximum Gasteiger partial charge on any atom is 0.231 e. The van der Waals surface area contributed by atoms with E-state index in [0.29, 0.717) is 17.4 Å². The molecule has 1 heterocycles. The van der Waals surface area contributed by atoms with E-state index >= 15 is 0 Å². The van der Waals surface area contributed by atoms with Crippen LogP contribution in [0.3, 0.4) is 0 Å². The van der Waals surface area contributed by atoms with Crippen molar-refractivity contribution in [1.29, 1.82) is 0 Å². The summed E-state index contributed by atoms with van der Waals surface area (Å²) in [6.45, 7) is 7.95. The van der Waals surface area contributed by atoms with Crippen molar-refractivity contribution < 1.29 is 9.59 Å². The number of rotatable bonds is 8. The van der Waals surface area contributed by atoms with Crippen LogP contribution in [0.5, 0.6) is 0 Å². The van der Waals surface area contributed by atoms with Gasteiger partial charge in [0.15, 0.2) is 11.6 Å². The molecule has 168 valence electrons. The molecule has 8 heteroatoms. The Hall–Kier alpha value is -3.13. The molecule has 0 saturated heterocycles. The quantitative estimate of drug-likeness (QED) is 0.402. The van der Waals surface area contributed by atoms with Crippen LogP contribution in [0, 0.1) is 0 Å². The van der Waals surface area contributed by atoms with Crippen molar-refractivity contribution in [2.24, 2.45) is 0 Å². The highest BCUT2D eigenvalue weighted by Gasteiger charge is 2.20. The summed E-state index contributed by atoms with van der Waals surface area (Å²) in [5.74, 6) is 6.44. The lowest BCUT2D eigenvalue weighted by atomic mass is 9.87. The largest absolute Gasteiger partial charge is 0.345 e. The normalized spacial score (nSPS) is 12.4. The summed E-state index contributed by atoms with van der Waals surface area (Å²) in [5.41, 5.74) is 3.11. The maximum absolute atomic E-state index is 12.5. The number of benzene rings is 2. The van der Waals surface area contributed by atoms with Crippen LogP contribution in [0.25, 0.3) is 11.4 Å². The fraction of sp³-hybridized carbons (Fsp3) is 0.333. The lowest BCUT2D eigenvalue weighted by molar-refractivity contribution is -0.125. The van der Waals surface area contributed by atoms with Crippen LogP contribution in [-0.2, 0) is 21.4 Å². The van der Waals surface area contributed by atoms with Crippen LogP contribution in [0.1, 0.15) is 38.8 Å². The van der Waals surface area contributed by atoms with Gasteiger partial charge in [-0.05, 0) is 29.9 Å². The number of carbonyl (C=O) groups is 2. The number of carbonyl (C=O) groups excluding carboxylic acids is 2. The SMILES string of the molecule is CC(=O)C(Cc1ccccc1)NC(=O)CSc1nnc(-c2ccc(C(C)(C)C)cc2)n1N. The van der Waals surface area contributed by atoms with E-state index in [2.05, 4.69) is 48.4 Å². The fourth-order valence-electron chi connectivity index (χ4n) is 3.20. The summed E-state index contributed by atoms with van der Waals surface area (Å²) in [7, 11) is 0. The Balaban J connectivity index is 1.61. The van der Waals surface area contributed by atoms with E-state index < -0.39 is 6.04 Å². The highest BCUT2D eigenvalue weighted by Crippen LogP contribution is 2.26. The van der Waals surface area contributed by atoms with Gasteiger partial charge in [0, 0.05) is 5.56 Å². The molecule has 1 aromatic heterocycles. The molecular formula is C24H29N5O2S. The molecule has 3 aromatic rings. The number of amides is 1. The van der Waals surface area contributed by atoms with Gasteiger partial charge in [0.25, 0.3) is 0 Å². The number of hydrogen-bond acceptors (Lipinski definition) is 6. The van der Waals surface area contributed by atoms with Gasteiger partial charge in [-0.1, -0.05) is 87.1 Å². The highest BCUT2D eigenvalue weighted by molar-refractivity contribution is 7.99. The van der Waals surface area contributed by atoms with Crippen LogP contribution in [0.15, 0.2) is 59.8 Å². The van der Waals surface area contributed by atoms with Gasteiger partial charge < -0.3 is 11.2 Å². The Morgan fingerprint density at radius 2 is 1.72 bits per heavy atom. The lowest BCUT2D eigenvalue weighted by Gasteiger charge is -2.19. The number of nitrogens with two attached hydrogens (primary N) is 1. The van der Waals surface area contributed by atoms with Crippen molar-refractivity contribution >= 4 is 23.5 Å². The molecule has 1 atom stereocenters. The molecule has 0 aliphatic heterocycles. The lowest BCUT2D eigenvalue weighted by Crippen LogP contribution is -2.42. The van der Waals surface area contributed by atoms with Gasteiger partial charge in [0.05, 0.1) is 11.8 Å². The molecule has 1 unspecified atom stereocenters. The van der Waals surface area contributed by atoms with Crippen LogP contribution >= 0.6 is 11.8 Å². The Bertz CT molecular complexity index is 1070. The molecule has 0 aliphatic rings. The van der Waals surface area contributed by atoms with E-state index in [1.165, 1.54) is 28.9 Å². The summed E-state index contributed by atoms with van der Waals surface area (Å²) in [6, 6.07) is 17.1. The first-order chi connectivity index (χ1) is 15.1. The first-order valence-electron chi connectivity index (χ1n) is 10.4.